The van der Waals surface area contributed by atoms with Crippen LogP contribution in [0.25, 0.3) is 0 Å². The number of aromatic nitrogens is 4. The minimum absolute atomic E-state index is 0.0601. The van der Waals surface area contributed by atoms with E-state index in [0.29, 0.717) is 36.3 Å². The van der Waals surface area contributed by atoms with Crippen LogP contribution in [0.1, 0.15) is 95.1 Å². The molecule has 0 aromatic carbocycles. The van der Waals surface area contributed by atoms with Crippen molar-refractivity contribution in [3.05, 3.63) is 36.2 Å². The van der Waals surface area contributed by atoms with Gasteiger partial charge >= 0.3 is 12.2 Å². The molecule has 4 heterocycles. The van der Waals surface area contributed by atoms with E-state index in [1.54, 1.807) is 12.1 Å². The molecule has 0 aliphatic carbocycles. The van der Waals surface area contributed by atoms with Gasteiger partial charge in [0.1, 0.15) is 46.9 Å². The Morgan fingerprint density at radius 2 is 1.17 bits per heavy atom. The molecule has 0 radical (unpaired) electrons. The highest BCUT2D eigenvalue weighted by Crippen LogP contribution is 2.23. The highest BCUT2D eigenvalue weighted by molar-refractivity contribution is 5.92. The molecule has 2 aromatic rings. The maximum atomic E-state index is 11.7. The molecule has 0 atom stereocenters. The third-order valence-corrected chi connectivity index (χ3v) is 7.55. The molecule has 2 fully saturated rings. The van der Waals surface area contributed by atoms with E-state index in [-0.39, 0.29) is 18.0 Å². The van der Waals surface area contributed by atoms with Gasteiger partial charge in [0.05, 0.1) is 0 Å². The number of rotatable bonds is 8. The second-order valence-electron chi connectivity index (χ2n) is 13.9. The van der Waals surface area contributed by atoms with Gasteiger partial charge in [-0.1, -0.05) is 0 Å². The van der Waals surface area contributed by atoms with Gasteiger partial charge in [-0.2, -0.15) is 0 Å². The molecule has 2 saturated heterocycles. The Labute approximate surface area is 277 Å². The number of piperidine rings is 2. The van der Waals surface area contributed by atoms with Crippen LogP contribution >= 0.6 is 0 Å². The fourth-order valence-corrected chi connectivity index (χ4v) is 5.13. The summed E-state index contributed by atoms with van der Waals surface area (Å²) in [5.41, 5.74) is -0.122. The molecule has 2 aliphatic heterocycles. The van der Waals surface area contributed by atoms with Crippen LogP contribution in [0.3, 0.4) is 0 Å². The summed E-state index contributed by atoms with van der Waals surface area (Å²) in [5, 5.41) is 5.67. The number of amides is 2. The van der Waals surface area contributed by atoms with Crippen molar-refractivity contribution in [3.8, 4) is 0 Å². The number of ether oxygens (including phenoxy) is 2. The lowest BCUT2D eigenvalue weighted by Crippen LogP contribution is -2.40. The van der Waals surface area contributed by atoms with Crippen molar-refractivity contribution in [3.63, 3.8) is 0 Å². The largest absolute Gasteiger partial charge is 0.444 e. The Morgan fingerprint density at radius 1 is 0.745 bits per heavy atom. The summed E-state index contributed by atoms with van der Waals surface area (Å²) in [7, 11) is 0. The third-order valence-electron chi connectivity index (χ3n) is 7.55. The first-order valence-electron chi connectivity index (χ1n) is 16.2. The number of nitrogens with zero attached hydrogens (tertiary/aromatic N) is 6. The van der Waals surface area contributed by atoms with Crippen LogP contribution < -0.4 is 20.4 Å². The Bertz CT molecular complexity index is 1340. The van der Waals surface area contributed by atoms with Crippen molar-refractivity contribution in [2.45, 2.75) is 85.4 Å². The Morgan fingerprint density at radius 3 is 1.57 bits per heavy atom. The molecular formula is C33H50N8O6. The van der Waals surface area contributed by atoms with Crippen molar-refractivity contribution in [1.82, 2.24) is 30.6 Å². The predicted molar refractivity (Wildman–Crippen MR) is 178 cm³/mol. The minimum atomic E-state index is -0.477. The summed E-state index contributed by atoms with van der Waals surface area (Å²) in [6, 6.07) is 3.44. The van der Waals surface area contributed by atoms with E-state index < -0.39 is 11.2 Å². The molecule has 14 nitrogen and oxygen atoms in total. The zero-order valence-corrected chi connectivity index (χ0v) is 28.7. The van der Waals surface area contributed by atoms with Crippen LogP contribution in [-0.4, -0.2) is 94.7 Å². The van der Waals surface area contributed by atoms with Gasteiger partial charge in [0, 0.05) is 58.3 Å². The van der Waals surface area contributed by atoms with Crippen LogP contribution in [0.4, 0.5) is 21.2 Å². The number of hydrogen-bond donors (Lipinski definition) is 2. The summed E-state index contributed by atoms with van der Waals surface area (Å²) >= 11 is 0. The van der Waals surface area contributed by atoms with Gasteiger partial charge in [0.25, 0.3) is 0 Å². The Balaban J connectivity index is 0.000000256. The SMILES string of the molecule is CC(=O)c1cc(N2CCC(CNC(=O)OC(C)(C)C)CC2)ncn1.CC(C)(C)OC(=O)NCC1CCN(c2cc(C=O)ncn2)CC1. The molecule has 14 heteroatoms. The number of aldehydes is 1. The first-order valence-corrected chi connectivity index (χ1v) is 16.2. The maximum absolute atomic E-state index is 11.7. The van der Waals surface area contributed by atoms with Crippen LogP contribution in [0.5, 0.6) is 0 Å². The van der Waals surface area contributed by atoms with E-state index in [4.69, 9.17) is 9.47 Å². The van der Waals surface area contributed by atoms with Crippen LogP contribution in [-0.2, 0) is 9.47 Å². The molecule has 4 rings (SSSR count). The summed E-state index contributed by atoms with van der Waals surface area (Å²) in [5.74, 6) is 2.35. The quantitative estimate of drug-likeness (QED) is 0.303. The van der Waals surface area contributed by atoms with Crippen LogP contribution in [0, 0.1) is 11.8 Å². The maximum Gasteiger partial charge on any atom is 0.407 e. The average molecular weight is 655 g/mol. The lowest BCUT2D eigenvalue weighted by Gasteiger charge is -2.33. The van der Waals surface area contributed by atoms with Crippen molar-refractivity contribution in [1.29, 1.82) is 0 Å². The highest BCUT2D eigenvalue weighted by atomic mass is 16.6. The predicted octanol–water partition coefficient (Wildman–Crippen LogP) is 4.45. The highest BCUT2D eigenvalue weighted by Gasteiger charge is 2.24. The molecule has 2 aliphatic rings. The molecule has 258 valence electrons. The van der Waals surface area contributed by atoms with Gasteiger partial charge in [0.2, 0.25) is 0 Å². The summed E-state index contributed by atoms with van der Waals surface area (Å²) in [6.07, 6.45) is 6.65. The van der Waals surface area contributed by atoms with Gasteiger partial charge < -0.3 is 29.9 Å². The molecule has 0 bridgehead atoms. The second kappa shape index (κ2) is 17.0. The smallest absolute Gasteiger partial charge is 0.407 e. The molecule has 0 unspecified atom stereocenters. The molecule has 0 saturated carbocycles. The third kappa shape index (κ3) is 13.5. The molecule has 2 amide bonds. The second-order valence-corrected chi connectivity index (χ2v) is 13.9. The van der Waals surface area contributed by atoms with Crippen molar-refractivity contribution in [2.24, 2.45) is 11.8 Å². The van der Waals surface area contributed by atoms with Gasteiger partial charge in [-0.15, -0.1) is 0 Å². The molecule has 47 heavy (non-hydrogen) atoms. The van der Waals surface area contributed by atoms with E-state index >= 15 is 0 Å². The zero-order chi connectivity index (χ0) is 34.6. The van der Waals surface area contributed by atoms with Crippen molar-refractivity contribution >= 4 is 35.9 Å². The normalized spacial score (nSPS) is 16.0. The lowest BCUT2D eigenvalue weighted by molar-refractivity contribution is 0.0505. The van der Waals surface area contributed by atoms with E-state index in [1.165, 1.54) is 19.6 Å². The summed E-state index contributed by atoms with van der Waals surface area (Å²) < 4.78 is 10.5. The number of carbonyl (C=O) groups is 4. The minimum Gasteiger partial charge on any atom is -0.444 e. The standard InChI is InChI=1S/C17H26N4O3.C16H24N4O3/c1-12(22)14-9-15(20-11-19-14)21-7-5-13(6-8-21)10-18-16(23)24-17(2,3)4;1-16(2,3)23-15(22)17-9-12-4-6-20(7-5-12)14-8-13(10-21)18-11-19-14/h9,11,13H,5-8,10H2,1-4H3,(H,18,23);8,10-12H,4-7,9H2,1-3H3,(H,17,22). The number of hydrogen-bond acceptors (Lipinski definition) is 12. The zero-order valence-electron chi connectivity index (χ0n) is 28.7. The fourth-order valence-electron chi connectivity index (χ4n) is 5.13. The average Bonchev–Trinajstić information content (AvgIpc) is 3.02. The van der Waals surface area contributed by atoms with Gasteiger partial charge in [-0.25, -0.2) is 29.5 Å². The molecule has 0 spiro atoms. The number of alkyl carbamates (subject to hydrolysis) is 2. The first-order chi connectivity index (χ1) is 22.1. The number of carbonyl (C=O) groups excluding carboxylic acids is 4. The van der Waals surface area contributed by atoms with E-state index in [2.05, 4.69) is 40.4 Å². The van der Waals surface area contributed by atoms with Crippen molar-refractivity contribution in [2.75, 3.05) is 49.1 Å². The number of Topliss-reactive ketones (excluding diaryl/α,β-unsaturated/α-hetero) is 1. The molecular weight excluding hydrogens is 604 g/mol. The van der Waals surface area contributed by atoms with Gasteiger partial charge in [0.15, 0.2) is 12.1 Å². The number of nitrogens with one attached hydrogen (secondary N) is 2. The van der Waals surface area contributed by atoms with E-state index in [9.17, 15) is 19.2 Å². The van der Waals surface area contributed by atoms with Crippen LogP contribution in [0.15, 0.2) is 24.8 Å². The van der Waals surface area contributed by atoms with E-state index in [1.807, 2.05) is 41.5 Å². The van der Waals surface area contributed by atoms with E-state index in [0.717, 1.165) is 69.8 Å². The number of ketones is 1. The van der Waals surface area contributed by atoms with Gasteiger partial charge in [-0.05, 0) is 79.1 Å². The lowest BCUT2D eigenvalue weighted by atomic mass is 9.97. The fraction of sp³-hybridized carbons (Fsp3) is 0.636. The summed E-state index contributed by atoms with van der Waals surface area (Å²) in [6.45, 7) is 17.2. The Hall–Kier alpha value is -4.36. The summed E-state index contributed by atoms with van der Waals surface area (Å²) in [4.78, 5) is 66.2. The van der Waals surface area contributed by atoms with Gasteiger partial charge in [-0.3, -0.25) is 9.59 Å². The molecule has 2 N–H and O–H groups in total. The first kappa shape index (κ1) is 37.1. The Kier molecular flexibility index (Phi) is 13.4. The molecule has 2 aromatic heterocycles. The monoisotopic (exact) mass is 654 g/mol. The topological polar surface area (TPSA) is 169 Å². The van der Waals surface area contributed by atoms with Crippen LogP contribution in [0.2, 0.25) is 0 Å². The van der Waals surface area contributed by atoms with Crippen molar-refractivity contribution < 1.29 is 28.7 Å². The number of anilines is 2.